The molecule has 0 saturated carbocycles. The highest BCUT2D eigenvalue weighted by Gasteiger charge is 2.19. The number of para-hydroxylation sites is 1. The van der Waals surface area contributed by atoms with Crippen LogP contribution in [0.25, 0.3) is 10.9 Å². The second-order valence-electron chi connectivity index (χ2n) is 5.37. The quantitative estimate of drug-likeness (QED) is 0.835. The number of hydrogen-bond acceptors (Lipinski definition) is 3. The molecule has 1 amide bonds. The van der Waals surface area contributed by atoms with Crippen molar-refractivity contribution in [3.63, 3.8) is 0 Å². The van der Waals surface area contributed by atoms with Crippen molar-refractivity contribution < 1.29 is 4.79 Å². The van der Waals surface area contributed by atoms with Crippen molar-refractivity contribution in [1.29, 1.82) is 0 Å². The first-order valence-electron chi connectivity index (χ1n) is 7.03. The smallest absolute Gasteiger partial charge is 0.236 e. The fraction of sp³-hybridized carbons (Fsp3) is 0.375. The average Bonchev–Trinajstić information content (AvgIpc) is 2.61. The van der Waals surface area contributed by atoms with Crippen LogP contribution in [0.4, 0.5) is 0 Å². The number of nitrogens with zero attached hydrogens (tertiary/aromatic N) is 3. The zero-order valence-electron chi connectivity index (χ0n) is 11.7. The van der Waals surface area contributed by atoms with Crippen molar-refractivity contribution in [3.05, 3.63) is 42.1 Å². The van der Waals surface area contributed by atoms with Gasteiger partial charge < -0.3 is 4.90 Å². The Morgan fingerprint density at radius 1 is 1.15 bits per heavy atom. The molecule has 2 aromatic rings. The zero-order chi connectivity index (χ0) is 13.9. The van der Waals surface area contributed by atoms with Crippen LogP contribution in [-0.2, 0) is 11.3 Å². The van der Waals surface area contributed by atoms with Gasteiger partial charge in [-0.3, -0.25) is 14.7 Å². The molecule has 1 aliphatic rings. The van der Waals surface area contributed by atoms with Crippen molar-refractivity contribution in [2.45, 2.75) is 13.0 Å². The Labute approximate surface area is 119 Å². The third-order valence-corrected chi connectivity index (χ3v) is 3.79. The van der Waals surface area contributed by atoms with Gasteiger partial charge in [-0.2, -0.15) is 0 Å². The average molecular weight is 269 g/mol. The second-order valence-corrected chi connectivity index (χ2v) is 5.37. The lowest BCUT2D eigenvalue weighted by molar-refractivity contribution is -0.130. The van der Waals surface area contributed by atoms with E-state index in [1.54, 1.807) is 0 Å². The minimum atomic E-state index is 0.197. The number of hydrogen-bond donors (Lipinski definition) is 0. The Kier molecular flexibility index (Phi) is 3.65. The molecule has 1 saturated heterocycles. The molecule has 0 radical (unpaired) electrons. The first kappa shape index (κ1) is 13.1. The van der Waals surface area contributed by atoms with Gasteiger partial charge in [0.2, 0.25) is 5.91 Å². The fourth-order valence-electron chi connectivity index (χ4n) is 2.61. The standard InChI is InChI=1S/C16H19N3O/c1-18-9-4-10-19(12-16(18)20)11-14-8-7-13-5-2-3-6-15(13)17-14/h2-3,5-8H,4,9-12H2,1H3. The number of amides is 1. The highest BCUT2D eigenvalue weighted by Crippen LogP contribution is 2.14. The largest absolute Gasteiger partial charge is 0.345 e. The summed E-state index contributed by atoms with van der Waals surface area (Å²) in [6.07, 6.45) is 1.02. The molecule has 1 aliphatic heterocycles. The van der Waals surface area contributed by atoms with Crippen molar-refractivity contribution in [3.8, 4) is 0 Å². The molecule has 1 aromatic carbocycles. The van der Waals surface area contributed by atoms with Crippen LogP contribution in [0.3, 0.4) is 0 Å². The number of likely N-dealkylation sites (N-methyl/N-ethyl adjacent to an activating group) is 1. The van der Waals surface area contributed by atoms with Gasteiger partial charge in [0.15, 0.2) is 0 Å². The number of rotatable bonds is 2. The van der Waals surface area contributed by atoms with Crippen LogP contribution in [-0.4, -0.2) is 47.4 Å². The SMILES string of the molecule is CN1CCCN(Cc2ccc3ccccc3n2)CC1=O. The Bertz CT molecular complexity index is 626. The molecule has 104 valence electrons. The maximum atomic E-state index is 11.9. The van der Waals surface area contributed by atoms with E-state index in [9.17, 15) is 4.79 Å². The van der Waals surface area contributed by atoms with E-state index in [2.05, 4.69) is 28.1 Å². The number of fused-ring (bicyclic) bond motifs is 1. The molecule has 2 heterocycles. The third-order valence-electron chi connectivity index (χ3n) is 3.79. The van der Waals surface area contributed by atoms with Gasteiger partial charge in [-0.25, -0.2) is 0 Å². The molecule has 0 N–H and O–H groups in total. The molecular weight excluding hydrogens is 250 g/mol. The monoisotopic (exact) mass is 269 g/mol. The molecule has 4 nitrogen and oxygen atoms in total. The molecule has 3 rings (SSSR count). The summed E-state index contributed by atoms with van der Waals surface area (Å²) in [6, 6.07) is 12.3. The van der Waals surface area contributed by atoms with E-state index in [0.29, 0.717) is 6.54 Å². The predicted molar refractivity (Wildman–Crippen MR) is 79.3 cm³/mol. The minimum absolute atomic E-state index is 0.197. The summed E-state index contributed by atoms with van der Waals surface area (Å²) >= 11 is 0. The van der Waals surface area contributed by atoms with Crippen LogP contribution in [0.5, 0.6) is 0 Å². The highest BCUT2D eigenvalue weighted by molar-refractivity contribution is 5.79. The van der Waals surface area contributed by atoms with Crippen molar-refractivity contribution >= 4 is 16.8 Å². The van der Waals surface area contributed by atoms with E-state index >= 15 is 0 Å². The lowest BCUT2D eigenvalue weighted by Gasteiger charge is -2.18. The Balaban J connectivity index is 1.76. The molecule has 0 unspecified atom stereocenters. The van der Waals surface area contributed by atoms with Gasteiger partial charge >= 0.3 is 0 Å². The van der Waals surface area contributed by atoms with Crippen LogP contribution in [0, 0.1) is 0 Å². The summed E-state index contributed by atoms with van der Waals surface area (Å²) in [5.41, 5.74) is 2.05. The van der Waals surface area contributed by atoms with Gasteiger partial charge in [-0.1, -0.05) is 24.3 Å². The van der Waals surface area contributed by atoms with E-state index in [0.717, 1.165) is 42.7 Å². The summed E-state index contributed by atoms with van der Waals surface area (Å²) in [5, 5.41) is 1.16. The number of aromatic nitrogens is 1. The Hall–Kier alpha value is -1.94. The minimum Gasteiger partial charge on any atom is -0.345 e. The predicted octanol–water partition coefficient (Wildman–Crippen LogP) is 1.90. The zero-order valence-corrected chi connectivity index (χ0v) is 11.7. The molecule has 4 heteroatoms. The van der Waals surface area contributed by atoms with Crippen molar-refractivity contribution in [2.75, 3.05) is 26.7 Å². The maximum absolute atomic E-state index is 11.9. The van der Waals surface area contributed by atoms with Crippen LogP contribution in [0.15, 0.2) is 36.4 Å². The topological polar surface area (TPSA) is 36.4 Å². The van der Waals surface area contributed by atoms with Crippen molar-refractivity contribution in [2.24, 2.45) is 0 Å². The molecule has 1 aromatic heterocycles. The molecule has 0 spiro atoms. The first-order valence-corrected chi connectivity index (χ1v) is 7.03. The summed E-state index contributed by atoms with van der Waals surface area (Å²) < 4.78 is 0. The normalized spacial score (nSPS) is 17.4. The summed E-state index contributed by atoms with van der Waals surface area (Å²) in [4.78, 5) is 20.6. The van der Waals surface area contributed by atoms with Gasteiger partial charge in [0.1, 0.15) is 0 Å². The second kappa shape index (κ2) is 5.59. The van der Waals surface area contributed by atoms with Crippen LogP contribution >= 0.6 is 0 Å². The van der Waals surface area contributed by atoms with E-state index in [-0.39, 0.29) is 5.91 Å². The lowest BCUT2D eigenvalue weighted by Crippen LogP contribution is -2.34. The van der Waals surface area contributed by atoms with Gasteiger partial charge in [-0.05, 0) is 18.6 Å². The number of carbonyl (C=O) groups excluding carboxylic acids is 1. The first-order chi connectivity index (χ1) is 9.72. The Morgan fingerprint density at radius 2 is 2.00 bits per heavy atom. The van der Waals surface area contributed by atoms with Crippen LogP contribution in [0.2, 0.25) is 0 Å². The summed E-state index contributed by atoms with van der Waals surface area (Å²) in [5.74, 6) is 0.197. The lowest BCUT2D eigenvalue weighted by atomic mass is 10.2. The fourth-order valence-corrected chi connectivity index (χ4v) is 2.61. The molecule has 0 aliphatic carbocycles. The van der Waals surface area contributed by atoms with Gasteiger partial charge in [-0.15, -0.1) is 0 Å². The van der Waals surface area contributed by atoms with E-state index in [1.165, 1.54) is 0 Å². The highest BCUT2D eigenvalue weighted by atomic mass is 16.2. The van der Waals surface area contributed by atoms with E-state index in [1.807, 2.05) is 30.1 Å². The van der Waals surface area contributed by atoms with Crippen LogP contribution in [0.1, 0.15) is 12.1 Å². The molecule has 0 bridgehead atoms. The van der Waals surface area contributed by atoms with Gasteiger partial charge in [0.25, 0.3) is 0 Å². The number of pyridine rings is 1. The summed E-state index contributed by atoms with van der Waals surface area (Å²) in [7, 11) is 1.88. The Morgan fingerprint density at radius 3 is 2.90 bits per heavy atom. The number of carbonyl (C=O) groups is 1. The van der Waals surface area contributed by atoms with E-state index < -0.39 is 0 Å². The van der Waals surface area contributed by atoms with E-state index in [4.69, 9.17) is 0 Å². The number of benzene rings is 1. The van der Waals surface area contributed by atoms with Crippen LogP contribution < -0.4 is 0 Å². The maximum Gasteiger partial charge on any atom is 0.236 e. The van der Waals surface area contributed by atoms with Gasteiger partial charge in [0.05, 0.1) is 17.8 Å². The van der Waals surface area contributed by atoms with Gasteiger partial charge in [0, 0.05) is 32.1 Å². The molecule has 20 heavy (non-hydrogen) atoms. The molecule has 1 fully saturated rings. The van der Waals surface area contributed by atoms with Crippen molar-refractivity contribution in [1.82, 2.24) is 14.8 Å². The third kappa shape index (κ3) is 2.80. The molecule has 0 atom stereocenters. The molecular formula is C16H19N3O. The summed E-state index contributed by atoms with van der Waals surface area (Å²) in [6.45, 7) is 3.03.